The summed E-state index contributed by atoms with van der Waals surface area (Å²) in [5.41, 5.74) is 7.01. The lowest BCUT2D eigenvalue weighted by Crippen LogP contribution is -2.30. The van der Waals surface area contributed by atoms with Crippen LogP contribution in [0.25, 0.3) is 0 Å². The van der Waals surface area contributed by atoms with Gasteiger partial charge in [0.05, 0.1) is 22.5 Å². The number of carbonyl (C=O) groups excluding carboxylic acids is 1. The number of primary amides is 1. The normalized spacial score (nSPS) is 20.7. The van der Waals surface area contributed by atoms with Gasteiger partial charge in [-0.2, -0.15) is 5.10 Å². The van der Waals surface area contributed by atoms with Crippen molar-refractivity contribution in [2.24, 2.45) is 11.7 Å². The molecule has 25 heavy (non-hydrogen) atoms. The molecule has 0 radical (unpaired) electrons. The van der Waals surface area contributed by atoms with Gasteiger partial charge >= 0.3 is 0 Å². The monoisotopic (exact) mass is 359 g/mol. The van der Waals surface area contributed by atoms with Crippen molar-refractivity contribution in [3.63, 3.8) is 0 Å². The molecular formula is C18H25N5OS. The molecule has 0 unspecified atom stereocenters. The van der Waals surface area contributed by atoms with Crippen molar-refractivity contribution in [3.05, 3.63) is 33.5 Å². The predicted molar refractivity (Wildman–Crippen MR) is 97.6 cm³/mol. The minimum atomic E-state index is -0.376. The van der Waals surface area contributed by atoms with Gasteiger partial charge in [-0.3, -0.25) is 9.48 Å². The van der Waals surface area contributed by atoms with E-state index in [9.17, 15) is 4.79 Å². The maximum Gasteiger partial charge on any atom is 0.252 e. The van der Waals surface area contributed by atoms with E-state index < -0.39 is 0 Å². The molecule has 0 spiro atoms. The summed E-state index contributed by atoms with van der Waals surface area (Å²) in [5.74, 6) is 0.841. The van der Waals surface area contributed by atoms with E-state index in [0.29, 0.717) is 17.4 Å². The minimum Gasteiger partial charge on any atom is -0.365 e. The van der Waals surface area contributed by atoms with Gasteiger partial charge in [-0.05, 0) is 38.1 Å². The highest BCUT2D eigenvalue weighted by atomic mass is 32.1. The van der Waals surface area contributed by atoms with Crippen LogP contribution in [0.4, 0.5) is 0 Å². The number of rotatable bonds is 6. The molecule has 2 aliphatic rings. The Morgan fingerprint density at radius 3 is 2.96 bits per heavy atom. The van der Waals surface area contributed by atoms with Gasteiger partial charge in [0.25, 0.3) is 5.91 Å². The number of hydrogen-bond acceptors (Lipinski definition) is 5. The molecule has 6 nitrogen and oxygen atoms in total. The van der Waals surface area contributed by atoms with E-state index in [4.69, 9.17) is 5.73 Å². The lowest BCUT2D eigenvalue weighted by Gasteiger charge is -2.24. The van der Waals surface area contributed by atoms with Crippen molar-refractivity contribution >= 4 is 17.2 Å². The Morgan fingerprint density at radius 1 is 1.32 bits per heavy atom. The average Bonchev–Trinajstić information content (AvgIpc) is 3.34. The number of nitrogens with zero attached hydrogens (tertiary/aromatic N) is 3. The number of amides is 1. The highest BCUT2D eigenvalue weighted by Crippen LogP contribution is 2.36. The quantitative estimate of drug-likeness (QED) is 0.829. The zero-order valence-electron chi connectivity index (χ0n) is 14.4. The van der Waals surface area contributed by atoms with E-state index in [2.05, 4.69) is 15.4 Å². The summed E-state index contributed by atoms with van der Waals surface area (Å²) in [6.45, 7) is 2.68. The Hall–Kier alpha value is -1.73. The summed E-state index contributed by atoms with van der Waals surface area (Å²) in [6, 6.07) is 0. The van der Waals surface area contributed by atoms with E-state index in [0.717, 1.165) is 38.2 Å². The molecule has 134 valence electrons. The molecule has 3 heterocycles. The van der Waals surface area contributed by atoms with Crippen LogP contribution in [0.2, 0.25) is 0 Å². The van der Waals surface area contributed by atoms with Crippen LogP contribution in [0.3, 0.4) is 0 Å². The van der Waals surface area contributed by atoms with Crippen molar-refractivity contribution in [1.29, 1.82) is 0 Å². The van der Waals surface area contributed by atoms with Crippen LogP contribution >= 0.6 is 11.3 Å². The second-order valence-electron chi connectivity index (χ2n) is 7.23. The van der Waals surface area contributed by atoms with Crippen molar-refractivity contribution in [2.45, 2.75) is 57.5 Å². The van der Waals surface area contributed by atoms with E-state index in [1.807, 2.05) is 22.2 Å². The van der Waals surface area contributed by atoms with Gasteiger partial charge in [0.1, 0.15) is 0 Å². The van der Waals surface area contributed by atoms with Crippen LogP contribution < -0.4 is 11.1 Å². The van der Waals surface area contributed by atoms with E-state index in [1.165, 1.54) is 35.6 Å². The van der Waals surface area contributed by atoms with Crippen LogP contribution in [0.1, 0.15) is 64.0 Å². The zero-order chi connectivity index (χ0) is 17.2. The fourth-order valence-corrected chi connectivity index (χ4v) is 5.10. The Bertz CT molecular complexity index is 746. The zero-order valence-corrected chi connectivity index (χ0v) is 15.2. The summed E-state index contributed by atoms with van der Waals surface area (Å²) in [6.07, 6.45) is 10.9. The molecular weight excluding hydrogens is 334 g/mol. The minimum absolute atomic E-state index is 0.376. The van der Waals surface area contributed by atoms with E-state index >= 15 is 0 Å². The molecule has 1 aliphatic heterocycles. The lowest BCUT2D eigenvalue weighted by molar-refractivity contribution is 0.0998. The first-order valence-corrected chi connectivity index (χ1v) is 10.0. The third-order valence-corrected chi connectivity index (χ3v) is 6.61. The second-order valence-corrected chi connectivity index (χ2v) is 8.38. The Balaban J connectivity index is 1.29. The predicted octanol–water partition coefficient (Wildman–Crippen LogP) is 2.45. The van der Waals surface area contributed by atoms with Crippen LogP contribution in [-0.4, -0.2) is 27.2 Å². The molecule has 1 fully saturated rings. The van der Waals surface area contributed by atoms with Crippen LogP contribution in [0.5, 0.6) is 0 Å². The largest absolute Gasteiger partial charge is 0.365 e. The number of aromatic nitrogens is 3. The Labute approximate surface area is 151 Å². The molecule has 2 aromatic rings. The molecule has 0 bridgehead atoms. The number of nitrogens with two attached hydrogens (primary N) is 1. The van der Waals surface area contributed by atoms with Gasteiger partial charge < -0.3 is 11.1 Å². The number of aryl methyl sites for hydroxylation is 1. The summed E-state index contributed by atoms with van der Waals surface area (Å²) in [4.78, 5) is 17.5. The van der Waals surface area contributed by atoms with Crippen molar-refractivity contribution in [2.75, 3.05) is 6.54 Å². The van der Waals surface area contributed by atoms with Crippen molar-refractivity contribution in [3.8, 4) is 0 Å². The van der Waals surface area contributed by atoms with Gasteiger partial charge in [0.2, 0.25) is 0 Å². The first kappa shape index (κ1) is 16.7. The average molecular weight is 359 g/mol. The second kappa shape index (κ2) is 7.25. The van der Waals surface area contributed by atoms with Gasteiger partial charge in [-0.15, -0.1) is 11.3 Å². The SMILES string of the molecule is NC(=O)c1cnn2c1C[C@@H](CNCc1cnc(C3CCCC3)s1)CC2. The van der Waals surface area contributed by atoms with Crippen molar-refractivity contribution in [1.82, 2.24) is 20.1 Å². The topological polar surface area (TPSA) is 85.8 Å². The molecule has 1 aliphatic carbocycles. The highest BCUT2D eigenvalue weighted by molar-refractivity contribution is 7.11. The molecule has 1 amide bonds. The fourth-order valence-electron chi connectivity index (χ4n) is 4.04. The van der Waals surface area contributed by atoms with Gasteiger partial charge in [-0.1, -0.05) is 12.8 Å². The first-order chi connectivity index (χ1) is 12.2. The maximum atomic E-state index is 11.5. The first-order valence-electron chi connectivity index (χ1n) is 9.20. The summed E-state index contributed by atoms with van der Waals surface area (Å²) in [5, 5.41) is 9.16. The fraction of sp³-hybridized carbons (Fsp3) is 0.611. The number of hydrogen-bond donors (Lipinski definition) is 2. The van der Waals surface area contributed by atoms with Crippen LogP contribution in [-0.2, 0) is 19.5 Å². The van der Waals surface area contributed by atoms with Crippen LogP contribution in [0.15, 0.2) is 12.4 Å². The Morgan fingerprint density at radius 2 is 2.16 bits per heavy atom. The van der Waals surface area contributed by atoms with Gasteiger partial charge in [-0.25, -0.2) is 4.98 Å². The smallest absolute Gasteiger partial charge is 0.252 e. The molecule has 2 aromatic heterocycles. The number of carbonyl (C=O) groups is 1. The molecule has 1 saturated carbocycles. The van der Waals surface area contributed by atoms with Crippen LogP contribution in [0, 0.1) is 5.92 Å². The van der Waals surface area contributed by atoms with E-state index in [-0.39, 0.29) is 5.91 Å². The molecule has 0 saturated heterocycles. The van der Waals surface area contributed by atoms with Gasteiger partial charge in [0, 0.05) is 30.1 Å². The summed E-state index contributed by atoms with van der Waals surface area (Å²) >= 11 is 1.86. The third-order valence-electron chi connectivity index (χ3n) is 5.45. The molecule has 4 rings (SSSR count). The van der Waals surface area contributed by atoms with Crippen molar-refractivity contribution < 1.29 is 4.79 Å². The maximum absolute atomic E-state index is 11.5. The third kappa shape index (κ3) is 3.62. The molecule has 0 aromatic carbocycles. The number of fused-ring (bicyclic) bond motifs is 1. The Kier molecular flexibility index (Phi) is 4.85. The van der Waals surface area contributed by atoms with Gasteiger partial charge in [0.15, 0.2) is 0 Å². The lowest BCUT2D eigenvalue weighted by atomic mass is 9.94. The van der Waals surface area contributed by atoms with E-state index in [1.54, 1.807) is 6.20 Å². The molecule has 7 heteroatoms. The highest BCUT2D eigenvalue weighted by Gasteiger charge is 2.24. The number of nitrogens with one attached hydrogen (secondary N) is 1. The standard InChI is InChI=1S/C18H25N5OS/c19-17(24)15-11-22-23-6-5-12(7-16(15)23)8-20-9-14-10-21-18(25-14)13-3-1-2-4-13/h10-13,20H,1-9H2,(H2,19,24)/t12-/m0/s1. The summed E-state index contributed by atoms with van der Waals surface area (Å²) in [7, 11) is 0. The molecule has 3 N–H and O–H groups in total. The summed E-state index contributed by atoms with van der Waals surface area (Å²) < 4.78 is 1.92. The number of thiazole rings is 1. The molecule has 1 atom stereocenters.